The van der Waals surface area contributed by atoms with Gasteiger partial charge in [0.25, 0.3) is 0 Å². The highest BCUT2D eigenvalue weighted by atomic mass is 35.5. The van der Waals surface area contributed by atoms with Crippen molar-refractivity contribution in [2.24, 2.45) is 0 Å². The number of nitrogens with one attached hydrogen (secondary N) is 1. The van der Waals surface area contributed by atoms with Crippen molar-refractivity contribution in [3.63, 3.8) is 0 Å². The molecule has 0 radical (unpaired) electrons. The number of hydrogen-bond donors (Lipinski definition) is 1. The molecule has 0 unspecified atom stereocenters. The average molecular weight is 382 g/mol. The Bertz CT molecular complexity index is 852. The van der Waals surface area contributed by atoms with Crippen LogP contribution < -0.4 is 14.8 Å². The van der Waals surface area contributed by atoms with Crippen molar-refractivity contribution < 1.29 is 9.47 Å². The number of hydrogen-bond acceptors (Lipinski definition) is 3. The molecule has 0 saturated heterocycles. The van der Waals surface area contributed by atoms with E-state index >= 15 is 0 Å². The largest absolute Gasteiger partial charge is 0.496 e. The maximum absolute atomic E-state index is 6.37. The topological polar surface area (TPSA) is 30.5 Å². The van der Waals surface area contributed by atoms with Crippen molar-refractivity contribution >= 4 is 11.6 Å². The zero-order valence-electron chi connectivity index (χ0n) is 15.5. The van der Waals surface area contributed by atoms with Crippen LogP contribution in [0.4, 0.5) is 0 Å². The minimum atomic E-state index is 0.511. The summed E-state index contributed by atoms with van der Waals surface area (Å²) in [6.07, 6.45) is 0.913. The lowest BCUT2D eigenvalue weighted by Gasteiger charge is -2.11. The number of benzene rings is 3. The monoisotopic (exact) mass is 381 g/mol. The van der Waals surface area contributed by atoms with Gasteiger partial charge in [0, 0.05) is 6.54 Å². The lowest BCUT2D eigenvalue weighted by molar-refractivity contribution is 0.306. The molecule has 0 amide bonds. The fourth-order valence-electron chi connectivity index (χ4n) is 2.87. The van der Waals surface area contributed by atoms with Gasteiger partial charge in [-0.2, -0.15) is 0 Å². The van der Waals surface area contributed by atoms with E-state index in [0.717, 1.165) is 36.4 Å². The Labute approximate surface area is 165 Å². The van der Waals surface area contributed by atoms with Crippen molar-refractivity contribution in [2.45, 2.75) is 19.6 Å². The van der Waals surface area contributed by atoms with Crippen molar-refractivity contribution in [3.05, 3.63) is 94.5 Å². The summed E-state index contributed by atoms with van der Waals surface area (Å²) >= 11 is 6.37. The fraction of sp³-hybridized carbons (Fsp3) is 0.217. The fourth-order valence-corrected chi connectivity index (χ4v) is 3.13. The van der Waals surface area contributed by atoms with E-state index in [1.165, 1.54) is 5.56 Å². The van der Waals surface area contributed by atoms with Gasteiger partial charge in [0.15, 0.2) is 0 Å². The molecule has 1 N–H and O–H groups in total. The van der Waals surface area contributed by atoms with Crippen molar-refractivity contribution in [2.75, 3.05) is 13.7 Å². The zero-order chi connectivity index (χ0) is 18.9. The van der Waals surface area contributed by atoms with Crippen LogP contribution in [0.1, 0.15) is 16.7 Å². The second-order valence-electron chi connectivity index (χ2n) is 6.28. The maximum Gasteiger partial charge on any atom is 0.138 e. The van der Waals surface area contributed by atoms with Crippen molar-refractivity contribution in [3.8, 4) is 11.5 Å². The number of para-hydroxylation sites is 1. The molecule has 0 bridgehead atoms. The Morgan fingerprint density at radius 1 is 0.852 bits per heavy atom. The number of ether oxygens (including phenoxy) is 2. The number of halogens is 1. The summed E-state index contributed by atoms with van der Waals surface area (Å²) in [6, 6.07) is 24.1. The smallest absolute Gasteiger partial charge is 0.138 e. The quantitative estimate of drug-likeness (QED) is 0.513. The first kappa shape index (κ1) is 19.3. The van der Waals surface area contributed by atoms with Crippen LogP contribution in [-0.4, -0.2) is 13.7 Å². The Morgan fingerprint density at radius 3 is 2.41 bits per heavy atom. The molecule has 0 heterocycles. The Kier molecular flexibility index (Phi) is 7.14. The van der Waals surface area contributed by atoms with E-state index in [1.54, 1.807) is 7.11 Å². The van der Waals surface area contributed by atoms with Crippen LogP contribution in [0.2, 0.25) is 5.02 Å². The van der Waals surface area contributed by atoms with Crippen LogP contribution in [0.25, 0.3) is 0 Å². The van der Waals surface area contributed by atoms with E-state index in [9.17, 15) is 0 Å². The normalized spacial score (nSPS) is 10.6. The Hall–Kier alpha value is -2.49. The summed E-state index contributed by atoms with van der Waals surface area (Å²) in [7, 11) is 1.70. The summed E-state index contributed by atoms with van der Waals surface area (Å²) in [4.78, 5) is 0. The summed E-state index contributed by atoms with van der Waals surface area (Å²) in [5.74, 6) is 1.64. The van der Waals surface area contributed by atoms with Gasteiger partial charge in [-0.3, -0.25) is 0 Å². The van der Waals surface area contributed by atoms with Crippen LogP contribution in [0.5, 0.6) is 11.5 Å². The van der Waals surface area contributed by atoms with Crippen LogP contribution in [0.3, 0.4) is 0 Å². The maximum atomic E-state index is 6.37. The van der Waals surface area contributed by atoms with E-state index in [2.05, 4.69) is 11.4 Å². The first-order chi connectivity index (χ1) is 13.3. The molecule has 0 aromatic heterocycles. The van der Waals surface area contributed by atoms with E-state index in [4.69, 9.17) is 21.1 Å². The van der Waals surface area contributed by atoms with Crippen LogP contribution in [0, 0.1) is 0 Å². The van der Waals surface area contributed by atoms with Gasteiger partial charge >= 0.3 is 0 Å². The minimum absolute atomic E-state index is 0.511. The molecule has 0 spiro atoms. The second kappa shape index (κ2) is 10.0. The van der Waals surface area contributed by atoms with Gasteiger partial charge < -0.3 is 14.8 Å². The summed E-state index contributed by atoms with van der Waals surface area (Å²) in [6.45, 7) is 2.13. The van der Waals surface area contributed by atoms with Crippen molar-refractivity contribution in [1.82, 2.24) is 5.32 Å². The van der Waals surface area contributed by atoms with Crippen LogP contribution in [0.15, 0.2) is 72.8 Å². The highest BCUT2D eigenvalue weighted by molar-refractivity contribution is 6.32. The van der Waals surface area contributed by atoms with Crippen LogP contribution in [-0.2, 0) is 19.6 Å². The highest BCUT2D eigenvalue weighted by Gasteiger charge is 2.05. The van der Waals surface area contributed by atoms with E-state index in [1.807, 2.05) is 66.7 Å². The van der Waals surface area contributed by atoms with Gasteiger partial charge in [0.05, 0.1) is 12.1 Å². The predicted octanol–water partition coefficient (Wildman–Crippen LogP) is 5.26. The average Bonchev–Trinajstić information content (AvgIpc) is 2.71. The molecular weight excluding hydrogens is 358 g/mol. The molecule has 3 aromatic rings. The molecule has 3 nitrogen and oxygen atoms in total. The lowest BCUT2D eigenvalue weighted by atomic mass is 10.1. The van der Waals surface area contributed by atoms with E-state index in [-0.39, 0.29) is 0 Å². The first-order valence-electron chi connectivity index (χ1n) is 9.04. The minimum Gasteiger partial charge on any atom is -0.496 e. The molecule has 3 rings (SSSR count). The third kappa shape index (κ3) is 5.75. The molecule has 0 aliphatic heterocycles. The number of rotatable bonds is 9. The Morgan fingerprint density at radius 2 is 1.63 bits per heavy atom. The van der Waals surface area contributed by atoms with E-state index in [0.29, 0.717) is 17.4 Å². The van der Waals surface area contributed by atoms with Crippen molar-refractivity contribution in [1.29, 1.82) is 0 Å². The molecule has 0 atom stereocenters. The summed E-state index contributed by atoms with van der Waals surface area (Å²) in [5.41, 5.74) is 3.46. The first-order valence-corrected chi connectivity index (χ1v) is 9.42. The highest BCUT2D eigenvalue weighted by Crippen LogP contribution is 2.26. The number of methoxy groups -OCH3 is 1. The molecular formula is C23H24ClNO2. The third-order valence-electron chi connectivity index (χ3n) is 4.33. The molecule has 140 valence electrons. The SMILES string of the molecule is COc1ccccc1CCNCc1ccc(OCc2ccccc2)c(Cl)c1. The predicted molar refractivity (Wildman–Crippen MR) is 111 cm³/mol. The summed E-state index contributed by atoms with van der Waals surface area (Å²) < 4.78 is 11.2. The van der Waals surface area contributed by atoms with Gasteiger partial charge in [-0.15, -0.1) is 0 Å². The second-order valence-corrected chi connectivity index (χ2v) is 6.68. The molecule has 3 aromatic carbocycles. The van der Waals surface area contributed by atoms with Crippen LogP contribution >= 0.6 is 11.6 Å². The third-order valence-corrected chi connectivity index (χ3v) is 4.62. The summed E-state index contributed by atoms with van der Waals surface area (Å²) in [5, 5.41) is 4.09. The van der Waals surface area contributed by atoms with Gasteiger partial charge in [0.1, 0.15) is 18.1 Å². The van der Waals surface area contributed by atoms with Gasteiger partial charge in [-0.05, 0) is 47.9 Å². The molecule has 0 aliphatic carbocycles. The molecule has 0 fully saturated rings. The van der Waals surface area contributed by atoms with Gasteiger partial charge in [0.2, 0.25) is 0 Å². The standard InChI is InChI=1S/C23H24ClNO2/c1-26-22-10-6-5-9-20(22)13-14-25-16-19-11-12-23(21(24)15-19)27-17-18-7-3-2-4-8-18/h2-12,15,25H,13-14,16-17H2,1H3. The van der Waals surface area contributed by atoms with Gasteiger partial charge in [-0.25, -0.2) is 0 Å². The molecule has 27 heavy (non-hydrogen) atoms. The molecule has 0 aliphatic rings. The van der Waals surface area contributed by atoms with Gasteiger partial charge in [-0.1, -0.05) is 66.2 Å². The Balaban J connectivity index is 1.47. The zero-order valence-corrected chi connectivity index (χ0v) is 16.2. The molecule has 4 heteroatoms. The lowest BCUT2D eigenvalue weighted by Crippen LogP contribution is -2.17. The molecule has 0 saturated carbocycles. The van der Waals surface area contributed by atoms with E-state index < -0.39 is 0 Å².